The fourth-order valence-electron chi connectivity index (χ4n) is 1.92. The third-order valence-electron chi connectivity index (χ3n) is 2.77. The number of nitrogens with two attached hydrogens (primary N) is 1. The van der Waals surface area contributed by atoms with Crippen molar-refractivity contribution < 1.29 is 4.39 Å². The molecule has 0 bridgehead atoms. The van der Waals surface area contributed by atoms with Gasteiger partial charge in [-0.05, 0) is 12.1 Å². The molecule has 0 atom stereocenters. The van der Waals surface area contributed by atoms with Crippen molar-refractivity contribution in [2.75, 3.05) is 5.73 Å². The molecule has 5 nitrogen and oxygen atoms in total. The number of rotatable bonds is 1. The summed E-state index contributed by atoms with van der Waals surface area (Å²) in [5.74, 6) is -0.377. The van der Waals surface area contributed by atoms with Gasteiger partial charge in [-0.3, -0.25) is 0 Å². The summed E-state index contributed by atoms with van der Waals surface area (Å²) in [7, 11) is 0. The lowest BCUT2D eigenvalue weighted by atomic mass is 10.1. The third-order valence-corrected chi connectivity index (χ3v) is 2.77. The number of aromatic nitrogens is 3. The Morgan fingerprint density at radius 2 is 2.16 bits per heavy atom. The summed E-state index contributed by atoms with van der Waals surface area (Å²) in [5.41, 5.74) is 7.47. The lowest BCUT2D eigenvalue weighted by Gasteiger charge is -2.02. The summed E-state index contributed by atoms with van der Waals surface area (Å²) in [6.07, 6.45) is 1.33. The molecule has 2 aromatic heterocycles. The molecular weight excluding hydrogens is 245 g/mol. The number of nitriles is 1. The van der Waals surface area contributed by atoms with Crippen LogP contribution in [0.2, 0.25) is 0 Å². The summed E-state index contributed by atoms with van der Waals surface area (Å²) in [4.78, 5) is 3.76. The smallest absolute Gasteiger partial charge is 0.238 e. The van der Waals surface area contributed by atoms with E-state index >= 15 is 0 Å². The number of halogens is 1. The Morgan fingerprint density at radius 1 is 1.32 bits per heavy atom. The molecule has 0 aliphatic rings. The maximum Gasteiger partial charge on any atom is 0.238 e. The van der Waals surface area contributed by atoms with Crippen LogP contribution in [-0.4, -0.2) is 14.6 Å². The second kappa shape index (κ2) is 4.07. The van der Waals surface area contributed by atoms with Crippen LogP contribution in [0.1, 0.15) is 5.56 Å². The van der Waals surface area contributed by atoms with Gasteiger partial charge in [-0.15, -0.1) is 5.10 Å². The Kier molecular flexibility index (Phi) is 2.39. The molecule has 92 valence electrons. The second-order valence-electron chi connectivity index (χ2n) is 3.98. The summed E-state index contributed by atoms with van der Waals surface area (Å²) < 4.78 is 15.2. The van der Waals surface area contributed by atoms with Crippen molar-refractivity contribution in [1.82, 2.24) is 14.6 Å². The lowest BCUT2D eigenvalue weighted by molar-refractivity contribution is 0.638. The molecule has 0 unspecified atom stereocenters. The molecule has 0 amide bonds. The minimum absolute atomic E-state index is 0.0563. The molecular formula is C13H8FN5. The quantitative estimate of drug-likeness (QED) is 0.719. The molecule has 0 radical (unpaired) electrons. The van der Waals surface area contributed by atoms with Gasteiger partial charge in [0.25, 0.3) is 0 Å². The highest BCUT2D eigenvalue weighted by Crippen LogP contribution is 2.25. The minimum atomic E-state index is -0.433. The van der Waals surface area contributed by atoms with Crippen LogP contribution in [0.5, 0.6) is 0 Å². The van der Waals surface area contributed by atoms with Crippen molar-refractivity contribution in [2.45, 2.75) is 0 Å². The van der Waals surface area contributed by atoms with Crippen molar-refractivity contribution in [2.24, 2.45) is 0 Å². The molecule has 0 fully saturated rings. The molecule has 3 rings (SSSR count). The van der Waals surface area contributed by atoms with Crippen LogP contribution < -0.4 is 5.73 Å². The fourth-order valence-corrected chi connectivity index (χ4v) is 1.92. The molecule has 1 aromatic carbocycles. The van der Waals surface area contributed by atoms with E-state index < -0.39 is 5.82 Å². The van der Waals surface area contributed by atoms with E-state index in [1.54, 1.807) is 24.3 Å². The topological polar surface area (TPSA) is 80.0 Å². The number of nitrogen functional groups attached to an aromatic ring is 1. The van der Waals surface area contributed by atoms with Crippen molar-refractivity contribution >= 4 is 11.5 Å². The minimum Gasteiger partial charge on any atom is -0.367 e. The van der Waals surface area contributed by atoms with Crippen molar-refractivity contribution in [1.29, 1.82) is 5.26 Å². The monoisotopic (exact) mass is 253 g/mol. The summed E-state index contributed by atoms with van der Waals surface area (Å²) in [6, 6.07) is 10.2. The van der Waals surface area contributed by atoms with Gasteiger partial charge in [0.1, 0.15) is 5.52 Å². The summed E-state index contributed by atoms with van der Waals surface area (Å²) in [6.45, 7) is 0. The number of hydrogen-bond acceptors (Lipinski definition) is 4. The lowest BCUT2D eigenvalue weighted by Crippen LogP contribution is -2.01. The van der Waals surface area contributed by atoms with E-state index in [9.17, 15) is 4.39 Å². The number of fused-ring (bicyclic) bond motifs is 1. The van der Waals surface area contributed by atoms with Crippen LogP contribution in [0.4, 0.5) is 10.3 Å². The number of hydrogen-bond donors (Lipinski definition) is 1. The predicted octanol–water partition coefficient (Wildman–Crippen LogP) is 1.99. The largest absolute Gasteiger partial charge is 0.367 e. The van der Waals surface area contributed by atoms with Gasteiger partial charge >= 0.3 is 0 Å². The number of anilines is 1. The molecule has 0 saturated heterocycles. The maximum absolute atomic E-state index is 13.8. The van der Waals surface area contributed by atoms with E-state index in [0.717, 1.165) is 0 Å². The Bertz CT molecular complexity index is 816. The van der Waals surface area contributed by atoms with Crippen LogP contribution in [0.3, 0.4) is 0 Å². The molecule has 0 saturated carbocycles. The van der Waals surface area contributed by atoms with Gasteiger partial charge in [0.05, 0.1) is 23.5 Å². The van der Waals surface area contributed by atoms with Gasteiger partial charge in [0.2, 0.25) is 5.95 Å². The molecule has 19 heavy (non-hydrogen) atoms. The first kappa shape index (κ1) is 11.2. The van der Waals surface area contributed by atoms with Crippen molar-refractivity contribution in [3.05, 3.63) is 47.9 Å². The zero-order valence-electron chi connectivity index (χ0n) is 9.71. The maximum atomic E-state index is 13.8. The molecule has 0 spiro atoms. The van der Waals surface area contributed by atoms with E-state index in [0.29, 0.717) is 16.8 Å². The van der Waals surface area contributed by atoms with Crippen LogP contribution in [0, 0.1) is 17.1 Å². The molecule has 2 N–H and O–H groups in total. The van der Waals surface area contributed by atoms with Gasteiger partial charge in [-0.2, -0.15) is 5.26 Å². The Morgan fingerprint density at radius 3 is 2.95 bits per heavy atom. The van der Waals surface area contributed by atoms with Crippen LogP contribution >= 0.6 is 0 Å². The highest BCUT2D eigenvalue weighted by molar-refractivity contribution is 5.68. The first-order chi connectivity index (χ1) is 9.19. The van der Waals surface area contributed by atoms with Gasteiger partial charge in [-0.25, -0.2) is 13.9 Å². The highest BCUT2D eigenvalue weighted by atomic mass is 19.1. The van der Waals surface area contributed by atoms with Crippen LogP contribution in [0.25, 0.3) is 16.8 Å². The Balaban J connectivity index is 2.30. The Labute approximate surface area is 107 Å². The van der Waals surface area contributed by atoms with E-state index in [2.05, 4.69) is 10.1 Å². The third kappa shape index (κ3) is 1.77. The van der Waals surface area contributed by atoms with E-state index in [1.165, 1.54) is 16.8 Å². The molecule has 3 aromatic rings. The fraction of sp³-hybridized carbons (Fsp3) is 0. The number of nitrogens with zero attached hydrogens (tertiary/aromatic N) is 4. The van der Waals surface area contributed by atoms with Gasteiger partial charge < -0.3 is 5.73 Å². The zero-order valence-corrected chi connectivity index (χ0v) is 9.71. The second-order valence-corrected chi connectivity index (χ2v) is 3.98. The SMILES string of the molecule is N#Cc1cccc(-c2cc(F)c3cnc(N)nn23)c1. The average Bonchev–Trinajstić information content (AvgIpc) is 2.75. The first-order valence-corrected chi connectivity index (χ1v) is 5.49. The zero-order chi connectivity index (χ0) is 13.4. The molecule has 0 aliphatic heterocycles. The summed E-state index contributed by atoms with van der Waals surface area (Å²) in [5, 5.41) is 12.9. The van der Waals surface area contributed by atoms with Crippen molar-refractivity contribution in [3.63, 3.8) is 0 Å². The molecule has 6 heteroatoms. The molecule has 2 heterocycles. The van der Waals surface area contributed by atoms with E-state index in [1.807, 2.05) is 6.07 Å². The summed E-state index contributed by atoms with van der Waals surface area (Å²) >= 11 is 0. The highest BCUT2D eigenvalue weighted by Gasteiger charge is 2.12. The average molecular weight is 253 g/mol. The molecule has 0 aliphatic carbocycles. The predicted molar refractivity (Wildman–Crippen MR) is 67.5 cm³/mol. The normalized spacial score (nSPS) is 10.5. The first-order valence-electron chi connectivity index (χ1n) is 5.49. The van der Waals surface area contributed by atoms with Crippen LogP contribution in [0.15, 0.2) is 36.5 Å². The Hall–Kier alpha value is -2.94. The van der Waals surface area contributed by atoms with Gasteiger partial charge in [-0.1, -0.05) is 12.1 Å². The van der Waals surface area contributed by atoms with E-state index in [4.69, 9.17) is 11.0 Å². The number of benzene rings is 1. The van der Waals surface area contributed by atoms with E-state index in [-0.39, 0.29) is 11.5 Å². The van der Waals surface area contributed by atoms with Gasteiger partial charge in [0, 0.05) is 11.6 Å². The standard InChI is InChI=1S/C13H8FN5/c14-10-5-11(9-3-1-2-8(4-9)6-15)19-12(10)7-17-13(16)18-19/h1-5,7H,(H2,16,18). The van der Waals surface area contributed by atoms with Crippen LogP contribution in [-0.2, 0) is 0 Å². The van der Waals surface area contributed by atoms with Crippen molar-refractivity contribution in [3.8, 4) is 17.3 Å². The van der Waals surface area contributed by atoms with Gasteiger partial charge in [0.15, 0.2) is 5.82 Å².